The van der Waals surface area contributed by atoms with Gasteiger partial charge in [-0.3, -0.25) is 19.5 Å². The van der Waals surface area contributed by atoms with Gasteiger partial charge in [-0.1, -0.05) is 30.3 Å². The summed E-state index contributed by atoms with van der Waals surface area (Å²) in [5, 5.41) is 7.61. The molecule has 1 unspecified atom stereocenters. The summed E-state index contributed by atoms with van der Waals surface area (Å²) in [6.45, 7) is 2.30. The molecule has 0 bridgehead atoms. The van der Waals surface area contributed by atoms with Crippen LogP contribution in [0.25, 0.3) is 22.6 Å². The fourth-order valence-corrected chi connectivity index (χ4v) is 4.78. The molecule has 5 N–H and O–H groups in total. The van der Waals surface area contributed by atoms with Crippen molar-refractivity contribution >= 4 is 34.4 Å². The number of alkyl halides is 1. The molecule has 1 fully saturated rings. The van der Waals surface area contributed by atoms with Crippen LogP contribution in [0.1, 0.15) is 23.0 Å². The molecule has 3 heterocycles. The lowest BCUT2D eigenvalue weighted by molar-refractivity contribution is -0.114. The van der Waals surface area contributed by atoms with Gasteiger partial charge in [0.05, 0.1) is 0 Å². The van der Waals surface area contributed by atoms with Crippen molar-refractivity contribution in [2.75, 3.05) is 38.5 Å². The summed E-state index contributed by atoms with van der Waals surface area (Å²) in [4.78, 5) is 36.7. The molecule has 1 aliphatic rings. The summed E-state index contributed by atoms with van der Waals surface area (Å²) >= 11 is 0. The van der Waals surface area contributed by atoms with Gasteiger partial charge < -0.3 is 20.4 Å². The van der Waals surface area contributed by atoms with Gasteiger partial charge in [0.25, 0.3) is 5.91 Å². The maximum atomic E-state index is 16.7. The standard InChI is InChI=1S/C28H30FN9O3/c1-18(39)33-21-8-9-24-22(17-21)34-25(41-24)19-10-11-32-23(16-19)26(40)37-12-14-38(15-13-37)28(29,27(30)35-36(2)31)20-6-4-3-5-7-20/h3-11,16-17H,12-15,31H2,1-2H3,(H2,30,35)(H,33,39). The summed E-state index contributed by atoms with van der Waals surface area (Å²) in [5.41, 5.74) is 8.91. The highest BCUT2D eigenvalue weighted by Crippen LogP contribution is 2.32. The summed E-state index contributed by atoms with van der Waals surface area (Å²) in [6, 6.07) is 17.0. The topological polar surface area (TPSA) is 159 Å². The number of halogens is 1. The van der Waals surface area contributed by atoms with Crippen LogP contribution in [0.4, 0.5) is 10.1 Å². The lowest BCUT2D eigenvalue weighted by Gasteiger charge is -2.42. The Labute approximate surface area is 235 Å². The third-order valence-corrected chi connectivity index (χ3v) is 6.70. The minimum absolute atomic E-state index is 0.191. The van der Waals surface area contributed by atoms with Gasteiger partial charge in [-0.25, -0.2) is 20.3 Å². The van der Waals surface area contributed by atoms with Crippen LogP contribution < -0.4 is 16.9 Å². The minimum Gasteiger partial charge on any atom is -0.436 e. The lowest BCUT2D eigenvalue weighted by Crippen LogP contribution is -2.59. The third kappa shape index (κ3) is 5.71. The zero-order valence-corrected chi connectivity index (χ0v) is 22.6. The molecule has 1 atom stereocenters. The number of aromatic nitrogens is 2. The Morgan fingerprint density at radius 3 is 2.51 bits per heavy atom. The van der Waals surface area contributed by atoms with Crippen molar-refractivity contribution in [2.24, 2.45) is 16.7 Å². The van der Waals surface area contributed by atoms with Crippen LogP contribution in [0.2, 0.25) is 0 Å². The first-order valence-electron chi connectivity index (χ1n) is 12.9. The average molecular weight is 560 g/mol. The molecule has 5 rings (SSSR count). The number of piperazine rings is 1. The summed E-state index contributed by atoms with van der Waals surface area (Å²) in [7, 11) is 1.46. The van der Waals surface area contributed by atoms with Crippen LogP contribution in [0.15, 0.2) is 76.4 Å². The van der Waals surface area contributed by atoms with Crippen molar-refractivity contribution in [3.63, 3.8) is 0 Å². The number of rotatable bonds is 7. The van der Waals surface area contributed by atoms with Gasteiger partial charge in [-0.15, -0.1) is 5.10 Å². The first-order valence-corrected chi connectivity index (χ1v) is 12.9. The van der Waals surface area contributed by atoms with E-state index in [0.717, 1.165) is 5.12 Å². The Morgan fingerprint density at radius 2 is 1.83 bits per heavy atom. The number of carbonyl (C=O) groups is 2. The van der Waals surface area contributed by atoms with Crippen LogP contribution in [0, 0.1) is 0 Å². The number of hydrogen-bond donors (Lipinski definition) is 3. The fourth-order valence-electron chi connectivity index (χ4n) is 4.78. The van der Waals surface area contributed by atoms with Gasteiger partial charge in [0.1, 0.15) is 11.2 Å². The number of fused-ring (bicyclic) bond motifs is 1. The van der Waals surface area contributed by atoms with Gasteiger partial charge >= 0.3 is 0 Å². The zero-order chi connectivity index (χ0) is 29.1. The first kappa shape index (κ1) is 27.7. The number of hydrogen-bond acceptors (Lipinski definition) is 9. The molecule has 0 saturated carbocycles. The Hall–Kier alpha value is -4.88. The molecule has 2 aromatic carbocycles. The number of amidine groups is 1. The largest absolute Gasteiger partial charge is 0.436 e. The molecule has 0 radical (unpaired) electrons. The highest BCUT2D eigenvalue weighted by Gasteiger charge is 2.45. The third-order valence-electron chi connectivity index (χ3n) is 6.70. The van der Waals surface area contributed by atoms with Gasteiger partial charge in [-0.05, 0) is 30.3 Å². The second-order valence-electron chi connectivity index (χ2n) is 9.64. The van der Waals surface area contributed by atoms with Crippen molar-refractivity contribution in [1.82, 2.24) is 24.9 Å². The van der Waals surface area contributed by atoms with E-state index < -0.39 is 5.79 Å². The van der Waals surface area contributed by atoms with Crippen molar-refractivity contribution in [3.05, 3.63) is 78.1 Å². The quantitative estimate of drug-likeness (QED) is 0.102. The smallest absolute Gasteiger partial charge is 0.272 e. The molecule has 1 aliphatic heterocycles. The Bertz CT molecular complexity index is 1600. The number of benzene rings is 2. The van der Waals surface area contributed by atoms with Crippen LogP contribution in [-0.4, -0.2) is 75.8 Å². The molecule has 212 valence electrons. The molecule has 4 aromatic rings. The van der Waals surface area contributed by atoms with Gasteiger partial charge in [0, 0.05) is 63.2 Å². The van der Waals surface area contributed by atoms with Crippen LogP contribution in [0.3, 0.4) is 0 Å². The number of hydrazine groups is 1. The second kappa shape index (κ2) is 11.3. The molecule has 2 amide bonds. The monoisotopic (exact) mass is 559 g/mol. The second-order valence-corrected chi connectivity index (χ2v) is 9.64. The highest BCUT2D eigenvalue weighted by atomic mass is 19.1. The Balaban J connectivity index is 1.33. The minimum atomic E-state index is -2.21. The molecule has 0 aliphatic carbocycles. The summed E-state index contributed by atoms with van der Waals surface area (Å²) in [6.07, 6.45) is 1.51. The SMILES string of the molecule is CC(=O)Nc1ccc2oc(-c3ccnc(C(=O)N4CCN(C(F)(/C(N)=N/N(C)N)c5ccccc5)CC4)c3)nc2c1. The predicted octanol–water partition coefficient (Wildman–Crippen LogP) is 2.51. The van der Waals surface area contributed by atoms with E-state index in [1.807, 2.05) is 0 Å². The van der Waals surface area contributed by atoms with E-state index in [1.165, 1.54) is 20.2 Å². The number of nitrogens with zero attached hydrogens (tertiary/aromatic N) is 6. The van der Waals surface area contributed by atoms with Crippen molar-refractivity contribution in [1.29, 1.82) is 0 Å². The van der Waals surface area contributed by atoms with E-state index in [4.69, 9.17) is 16.0 Å². The van der Waals surface area contributed by atoms with Gasteiger partial charge in [-0.2, -0.15) is 0 Å². The summed E-state index contributed by atoms with van der Waals surface area (Å²) in [5.74, 6) is 2.92. The van der Waals surface area contributed by atoms with E-state index in [9.17, 15) is 9.59 Å². The molecule has 13 heteroatoms. The van der Waals surface area contributed by atoms with Crippen molar-refractivity contribution < 1.29 is 18.4 Å². The molecule has 1 saturated heterocycles. The number of carbonyl (C=O) groups excluding carboxylic acids is 2. The zero-order valence-electron chi connectivity index (χ0n) is 22.6. The number of amides is 2. The maximum Gasteiger partial charge on any atom is 0.272 e. The van der Waals surface area contributed by atoms with Crippen LogP contribution in [-0.2, 0) is 10.6 Å². The Kier molecular flexibility index (Phi) is 7.64. The summed E-state index contributed by atoms with van der Waals surface area (Å²) < 4.78 is 22.5. The van der Waals surface area contributed by atoms with E-state index in [0.29, 0.717) is 33.8 Å². The first-order chi connectivity index (χ1) is 19.6. The molecule has 2 aromatic heterocycles. The normalized spacial score (nSPS) is 15.9. The van der Waals surface area contributed by atoms with E-state index >= 15 is 4.39 Å². The number of nitrogens with one attached hydrogen (secondary N) is 1. The number of oxazole rings is 1. The van der Waals surface area contributed by atoms with E-state index in [-0.39, 0.29) is 49.5 Å². The lowest BCUT2D eigenvalue weighted by atomic mass is 10.00. The van der Waals surface area contributed by atoms with Crippen molar-refractivity contribution in [3.8, 4) is 11.5 Å². The van der Waals surface area contributed by atoms with Crippen LogP contribution >= 0.6 is 0 Å². The number of pyridine rings is 1. The average Bonchev–Trinajstić information content (AvgIpc) is 3.40. The molecule has 0 spiro atoms. The molecular weight excluding hydrogens is 529 g/mol. The molecule has 41 heavy (non-hydrogen) atoms. The molecule has 12 nitrogen and oxygen atoms in total. The van der Waals surface area contributed by atoms with E-state index in [1.54, 1.807) is 70.5 Å². The maximum absolute atomic E-state index is 16.7. The predicted molar refractivity (Wildman–Crippen MR) is 152 cm³/mol. The molecular formula is C28H30FN9O3. The van der Waals surface area contributed by atoms with Crippen molar-refractivity contribution in [2.45, 2.75) is 12.7 Å². The van der Waals surface area contributed by atoms with Gasteiger partial charge in [0.15, 0.2) is 11.4 Å². The van der Waals surface area contributed by atoms with E-state index in [2.05, 4.69) is 20.4 Å². The fraction of sp³-hybridized carbons (Fsp3) is 0.250. The highest BCUT2D eigenvalue weighted by molar-refractivity contribution is 5.94. The van der Waals surface area contributed by atoms with Crippen LogP contribution in [0.5, 0.6) is 0 Å². The Morgan fingerprint density at radius 1 is 1.10 bits per heavy atom. The number of hydrazone groups is 1. The number of nitrogens with two attached hydrogens (primary N) is 2. The van der Waals surface area contributed by atoms with Gasteiger partial charge in [0.2, 0.25) is 17.6 Å². The number of anilines is 1.